The Kier molecular flexibility index (Phi) is 5.01. The molecule has 0 saturated heterocycles. The number of nitrogens with one attached hydrogen (secondary N) is 1. The first kappa shape index (κ1) is 16.7. The van der Waals surface area contributed by atoms with E-state index in [4.69, 9.17) is 34.8 Å². The van der Waals surface area contributed by atoms with Crippen LogP contribution in [-0.4, -0.2) is 11.1 Å². The fourth-order valence-corrected chi connectivity index (χ4v) is 2.33. The third kappa shape index (κ3) is 3.55. The number of hydrogen-bond donors (Lipinski definition) is 1. The van der Waals surface area contributed by atoms with E-state index in [1.807, 2.05) is 0 Å². The van der Waals surface area contributed by atoms with Gasteiger partial charge in [-0.3, -0.25) is 9.59 Å². The minimum absolute atomic E-state index is 0.0000637. The highest BCUT2D eigenvalue weighted by Gasteiger charge is 2.18. The Balaban J connectivity index is 2.40. The van der Waals surface area contributed by atoms with Crippen LogP contribution in [0.15, 0.2) is 30.3 Å². The van der Waals surface area contributed by atoms with Crippen LogP contribution in [0.2, 0.25) is 10.0 Å². The van der Waals surface area contributed by atoms with Gasteiger partial charge in [-0.2, -0.15) is 0 Å². The zero-order chi connectivity index (χ0) is 16.4. The van der Waals surface area contributed by atoms with Gasteiger partial charge in [-0.05, 0) is 41.9 Å². The molecular formula is C14H6Cl3F2NO2. The van der Waals surface area contributed by atoms with Crippen LogP contribution in [0.1, 0.15) is 20.7 Å². The molecule has 2 aromatic rings. The molecule has 2 aromatic carbocycles. The molecule has 8 heteroatoms. The van der Waals surface area contributed by atoms with Gasteiger partial charge in [0.2, 0.25) is 0 Å². The number of rotatable bonds is 3. The molecule has 0 aliphatic carbocycles. The summed E-state index contributed by atoms with van der Waals surface area (Å²) in [6.45, 7) is 0. The van der Waals surface area contributed by atoms with Crippen LogP contribution in [0, 0.1) is 11.6 Å². The molecule has 1 amide bonds. The Morgan fingerprint density at radius 1 is 0.955 bits per heavy atom. The normalized spacial score (nSPS) is 10.4. The minimum Gasteiger partial charge on any atom is -0.320 e. The molecule has 0 radical (unpaired) electrons. The molecule has 0 bridgehead atoms. The molecule has 22 heavy (non-hydrogen) atoms. The van der Waals surface area contributed by atoms with Crippen LogP contribution in [-0.2, 0) is 0 Å². The largest absolute Gasteiger partial charge is 0.320 e. The summed E-state index contributed by atoms with van der Waals surface area (Å²) in [5, 5.41) is 1.04. The van der Waals surface area contributed by atoms with Gasteiger partial charge in [0, 0.05) is 0 Å². The van der Waals surface area contributed by atoms with Crippen molar-refractivity contribution in [2.45, 2.75) is 0 Å². The number of hydrogen-bond acceptors (Lipinski definition) is 2. The van der Waals surface area contributed by atoms with Crippen LogP contribution < -0.4 is 5.32 Å². The van der Waals surface area contributed by atoms with E-state index in [9.17, 15) is 18.4 Å². The van der Waals surface area contributed by atoms with Crippen molar-refractivity contribution in [3.05, 3.63) is 63.1 Å². The molecule has 0 atom stereocenters. The van der Waals surface area contributed by atoms with Gasteiger partial charge in [0.25, 0.3) is 11.1 Å². The van der Waals surface area contributed by atoms with Gasteiger partial charge in [0.1, 0.15) is 11.6 Å². The maximum absolute atomic E-state index is 13.5. The lowest BCUT2D eigenvalue weighted by Gasteiger charge is -2.10. The number of anilines is 1. The van der Waals surface area contributed by atoms with Gasteiger partial charge >= 0.3 is 0 Å². The number of carbonyl (C=O) groups excluding carboxylic acids is 2. The summed E-state index contributed by atoms with van der Waals surface area (Å²) in [7, 11) is 0. The minimum atomic E-state index is -0.983. The van der Waals surface area contributed by atoms with Crippen molar-refractivity contribution in [1.82, 2.24) is 0 Å². The molecule has 0 aromatic heterocycles. The SMILES string of the molecule is O=C(Nc1cc(F)cc(C(=O)Cl)c1Cl)c1cc(F)ccc1Cl. The third-order valence-corrected chi connectivity index (χ3v) is 3.61. The summed E-state index contributed by atoms with van der Waals surface area (Å²) < 4.78 is 26.6. The second-order valence-electron chi connectivity index (χ2n) is 4.17. The molecule has 0 aliphatic rings. The summed E-state index contributed by atoms with van der Waals surface area (Å²) >= 11 is 17.0. The smallest absolute Gasteiger partial charge is 0.257 e. The first-order valence-electron chi connectivity index (χ1n) is 5.75. The molecule has 1 N–H and O–H groups in total. The van der Waals surface area contributed by atoms with Gasteiger partial charge in [-0.15, -0.1) is 0 Å². The quantitative estimate of drug-likeness (QED) is 0.787. The van der Waals surface area contributed by atoms with E-state index in [0.29, 0.717) is 0 Å². The third-order valence-electron chi connectivity index (χ3n) is 2.67. The molecule has 0 spiro atoms. The Bertz CT molecular complexity index is 781. The van der Waals surface area contributed by atoms with E-state index in [-0.39, 0.29) is 26.9 Å². The lowest BCUT2D eigenvalue weighted by Crippen LogP contribution is -2.14. The molecule has 3 nitrogen and oxygen atoms in total. The summed E-state index contributed by atoms with van der Waals surface area (Å²) in [5.41, 5.74) is -0.652. The summed E-state index contributed by atoms with van der Waals surface area (Å²) in [4.78, 5) is 23.2. The van der Waals surface area contributed by atoms with E-state index in [0.717, 1.165) is 24.3 Å². The van der Waals surface area contributed by atoms with E-state index in [1.54, 1.807) is 0 Å². The van der Waals surface area contributed by atoms with Crippen LogP contribution in [0.25, 0.3) is 0 Å². The summed E-state index contributed by atoms with van der Waals surface area (Å²) in [5.74, 6) is -2.31. The van der Waals surface area contributed by atoms with E-state index in [2.05, 4.69) is 5.32 Å². The molecule has 0 heterocycles. The predicted molar refractivity (Wildman–Crippen MR) is 81.0 cm³/mol. The monoisotopic (exact) mass is 363 g/mol. The van der Waals surface area contributed by atoms with E-state index >= 15 is 0 Å². The zero-order valence-electron chi connectivity index (χ0n) is 10.6. The van der Waals surface area contributed by atoms with Gasteiger partial charge in [-0.25, -0.2) is 8.78 Å². The first-order chi connectivity index (χ1) is 10.3. The molecular weight excluding hydrogens is 359 g/mol. The molecule has 0 fully saturated rings. The average molecular weight is 365 g/mol. The van der Waals surface area contributed by atoms with Crippen LogP contribution in [0.5, 0.6) is 0 Å². The molecule has 114 valence electrons. The van der Waals surface area contributed by atoms with Crippen LogP contribution >= 0.6 is 34.8 Å². The number of amides is 1. The topological polar surface area (TPSA) is 46.2 Å². The summed E-state index contributed by atoms with van der Waals surface area (Å²) in [6, 6.07) is 4.93. The molecule has 0 saturated carbocycles. The van der Waals surface area contributed by atoms with Gasteiger partial charge in [0.15, 0.2) is 0 Å². The highest BCUT2D eigenvalue weighted by molar-refractivity contribution is 6.69. The first-order valence-corrected chi connectivity index (χ1v) is 6.88. The Morgan fingerprint density at radius 2 is 1.59 bits per heavy atom. The highest BCUT2D eigenvalue weighted by Crippen LogP contribution is 2.29. The molecule has 0 unspecified atom stereocenters. The Labute approximate surface area is 138 Å². The molecule has 0 aliphatic heterocycles. The van der Waals surface area contributed by atoms with Gasteiger partial charge in [-0.1, -0.05) is 23.2 Å². The number of halogens is 5. The van der Waals surface area contributed by atoms with Crippen molar-refractivity contribution < 1.29 is 18.4 Å². The molecule has 2 rings (SSSR count). The Morgan fingerprint density at radius 3 is 2.23 bits per heavy atom. The fourth-order valence-electron chi connectivity index (χ4n) is 1.68. The summed E-state index contributed by atoms with van der Waals surface area (Å²) in [6.07, 6.45) is 0. The zero-order valence-corrected chi connectivity index (χ0v) is 12.9. The lowest BCUT2D eigenvalue weighted by molar-refractivity contribution is 0.102. The standard InChI is InChI=1S/C14H6Cl3F2NO2/c15-10-2-1-6(18)3-8(10)14(22)20-11-5-7(19)4-9(12(11)16)13(17)21/h1-5H,(H,20,22). The lowest BCUT2D eigenvalue weighted by atomic mass is 10.1. The fraction of sp³-hybridized carbons (Fsp3) is 0. The maximum Gasteiger partial charge on any atom is 0.257 e. The van der Waals surface area contributed by atoms with Crippen molar-refractivity contribution in [3.8, 4) is 0 Å². The Hall–Kier alpha value is -1.69. The van der Waals surface area contributed by atoms with Crippen molar-refractivity contribution in [3.63, 3.8) is 0 Å². The number of benzene rings is 2. The second-order valence-corrected chi connectivity index (χ2v) is 5.30. The predicted octanol–water partition coefficient (Wildman–Crippen LogP) is 4.90. The van der Waals surface area contributed by atoms with Gasteiger partial charge in [0.05, 0.1) is 26.9 Å². The average Bonchev–Trinajstić information content (AvgIpc) is 2.44. The van der Waals surface area contributed by atoms with E-state index in [1.165, 1.54) is 6.07 Å². The van der Waals surface area contributed by atoms with E-state index < -0.39 is 22.8 Å². The van der Waals surface area contributed by atoms with Crippen LogP contribution in [0.4, 0.5) is 14.5 Å². The van der Waals surface area contributed by atoms with Crippen molar-refractivity contribution in [1.29, 1.82) is 0 Å². The van der Waals surface area contributed by atoms with Crippen LogP contribution in [0.3, 0.4) is 0 Å². The highest BCUT2D eigenvalue weighted by atomic mass is 35.5. The van der Waals surface area contributed by atoms with Crippen molar-refractivity contribution in [2.75, 3.05) is 5.32 Å². The van der Waals surface area contributed by atoms with Gasteiger partial charge < -0.3 is 5.32 Å². The maximum atomic E-state index is 13.5. The van der Waals surface area contributed by atoms with Crippen molar-refractivity contribution >= 4 is 51.6 Å². The van der Waals surface area contributed by atoms with Crippen molar-refractivity contribution in [2.24, 2.45) is 0 Å². The number of carbonyl (C=O) groups is 2. The second kappa shape index (κ2) is 6.60.